The highest BCUT2D eigenvalue weighted by atomic mass is 16.1. The van der Waals surface area contributed by atoms with Gasteiger partial charge in [-0.15, -0.1) is 0 Å². The van der Waals surface area contributed by atoms with E-state index < -0.39 is 0 Å². The van der Waals surface area contributed by atoms with E-state index in [9.17, 15) is 4.79 Å². The fourth-order valence-corrected chi connectivity index (χ4v) is 3.21. The molecule has 1 aromatic carbocycles. The van der Waals surface area contributed by atoms with Crippen molar-refractivity contribution in [1.82, 2.24) is 5.32 Å². The van der Waals surface area contributed by atoms with Crippen molar-refractivity contribution in [2.45, 2.75) is 47.0 Å². The molecule has 110 valence electrons. The highest BCUT2D eigenvalue weighted by Gasteiger charge is 2.36. The predicted octanol–water partition coefficient (Wildman–Crippen LogP) is 3.44. The second-order valence-electron chi connectivity index (χ2n) is 6.74. The van der Waals surface area contributed by atoms with Crippen molar-refractivity contribution in [3.8, 4) is 0 Å². The van der Waals surface area contributed by atoms with Crippen LogP contribution in [-0.4, -0.2) is 18.9 Å². The van der Waals surface area contributed by atoms with Crippen molar-refractivity contribution in [3.63, 3.8) is 0 Å². The first-order valence-corrected chi connectivity index (χ1v) is 7.72. The molecule has 1 aromatic rings. The summed E-state index contributed by atoms with van der Waals surface area (Å²) >= 11 is 0. The summed E-state index contributed by atoms with van der Waals surface area (Å²) in [7, 11) is 0. The van der Waals surface area contributed by atoms with Gasteiger partial charge in [0.05, 0.1) is 0 Å². The maximum Gasteiger partial charge on any atom is 0.143 e. The molecular weight excluding hydrogens is 246 g/mol. The fraction of sp³-hybridized carbons (Fsp3) is 0.611. The molecule has 1 fully saturated rings. The molecule has 20 heavy (non-hydrogen) atoms. The molecule has 0 bridgehead atoms. The van der Waals surface area contributed by atoms with Crippen molar-refractivity contribution in [2.75, 3.05) is 13.1 Å². The minimum absolute atomic E-state index is 0.234. The lowest BCUT2D eigenvalue weighted by Gasteiger charge is -2.36. The lowest BCUT2D eigenvalue weighted by atomic mass is 9.70. The van der Waals surface area contributed by atoms with E-state index >= 15 is 0 Å². The molecule has 1 aliphatic heterocycles. The quantitative estimate of drug-likeness (QED) is 0.910. The Kier molecular flexibility index (Phi) is 4.64. The summed E-state index contributed by atoms with van der Waals surface area (Å²) in [6.07, 6.45) is 2.92. The minimum Gasteiger partial charge on any atom is -0.316 e. The largest absolute Gasteiger partial charge is 0.316 e. The van der Waals surface area contributed by atoms with E-state index in [-0.39, 0.29) is 5.41 Å². The normalized spacial score (nSPS) is 19.9. The van der Waals surface area contributed by atoms with Gasteiger partial charge in [-0.1, -0.05) is 32.0 Å². The number of Topliss-reactive ketones (excluding diaryl/α,β-unsaturated/α-hetero) is 1. The molecule has 0 aromatic heterocycles. The standard InChI is InChI=1S/C18H27NO/c1-13-7-5-8-14(2)16(13)11-17(20)18(3,4)15-9-6-10-19-12-15/h5,7-8,15,19H,6,9-12H2,1-4H3. The van der Waals surface area contributed by atoms with Crippen LogP contribution in [0, 0.1) is 25.2 Å². The first kappa shape index (κ1) is 15.2. The van der Waals surface area contributed by atoms with Crippen LogP contribution in [0.3, 0.4) is 0 Å². The lowest BCUT2D eigenvalue weighted by Crippen LogP contribution is -2.43. The molecule has 0 radical (unpaired) electrons. The van der Waals surface area contributed by atoms with Gasteiger partial charge in [0.2, 0.25) is 0 Å². The van der Waals surface area contributed by atoms with Crippen LogP contribution >= 0.6 is 0 Å². The summed E-state index contributed by atoms with van der Waals surface area (Å²) in [5, 5.41) is 3.43. The molecule has 1 saturated heterocycles. The Morgan fingerprint density at radius 2 is 1.95 bits per heavy atom. The number of hydrogen-bond donors (Lipinski definition) is 1. The SMILES string of the molecule is Cc1cccc(C)c1CC(=O)C(C)(C)C1CCCNC1. The van der Waals surface area contributed by atoms with E-state index in [1.165, 1.54) is 29.5 Å². The number of benzene rings is 1. The van der Waals surface area contributed by atoms with Crippen LogP contribution in [0.4, 0.5) is 0 Å². The molecule has 2 nitrogen and oxygen atoms in total. The third-order valence-corrected chi connectivity index (χ3v) is 5.02. The fourth-order valence-electron chi connectivity index (χ4n) is 3.21. The third kappa shape index (κ3) is 3.12. The van der Waals surface area contributed by atoms with Crippen LogP contribution in [0.15, 0.2) is 18.2 Å². The van der Waals surface area contributed by atoms with Crippen LogP contribution in [0.2, 0.25) is 0 Å². The number of nitrogens with one attached hydrogen (secondary N) is 1. The Bertz CT molecular complexity index is 464. The predicted molar refractivity (Wildman–Crippen MR) is 84.0 cm³/mol. The number of aryl methyl sites for hydroxylation is 2. The van der Waals surface area contributed by atoms with Gasteiger partial charge < -0.3 is 5.32 Å². The van der Waals surface area contributed by atoms with Crippen molar-refractivity contribution in [3.05, 3.63) is 34.9 Å². The maximum absolute atomic E-state index is 12.8. The Labute approximate surface area is 123 Å². The van der Waals surface area contributed by atoms with Gasteiger partial charge in [-0.25, -0.2) is 0 Å². The first-order chi connectivity index (χ1) is 9.43. The third-order valence-electron chi connectivity index (χ3n) is 5.02. The maximum atomic E-state index is 12.8. The van der Waals surface area contributed by atoms with Crippen LogP contribution in [0.5, 0.6) is 0 Å². The molecule has 0 amide bonds. The molecule has 1 heterocycles. The zero-order valence-electron chi connectivity index (χ0n) is 13.3. The average molecular weight is 273 g/mol. The van der Waals surface area contributed by atoms with Gasteiger partial charge in [0.15, 0.2) is 0 Å². The summed E-state index contributed by atoms with van der Waals surface area (Å²) in [4.78, 5) is 12.8. The van der Waals surface area contributed by atoms with Crippen molar-refractivity contribution >= 4 is 5.78 Å². The second kappa shape index (κ2) is 6.09. The molecule has 1 aliphatic rings. The number of piperidine rings is 1. The van der Waals surface area contributed by atoms with Crippen molar-refractivity contribution < 1.29 is 4.79 Å². The summed E-state index contributed by atoms with van der Waals surface area (Å²) in [5.41, 5.74) is 3.45. The molecule has 0 spiro atoms. The highest BCUT2D eigenvalue weighted by Crippen LogP contribution is 2.34. The Morgan fingerprint density at radius 3 is 2.50 bits per heavy atom. The van der Waals surface area contributed by atoms with E-state index in [0.29, 0.717) is 18.1 Å². The topological polar surface area (TPSA) is 29.1 Å². The summed E-state index contributed by atoms with van der Waals surface area (Å²) in [5.74, 6) is 0.844. The number of rotatable bonds is 4. The van der Waals surface area contributed by atoms with Gasteiger partial charge in [0, 0.05) is 11.8 Å². The number of ketones is 1. The average Bonchev–Trinajstić information content (AvgIpc) is 2.43. The van der Waals surface area contributed by atoms with E-state index in [4.69, 9.17) is 0 Å². The number of carbonyl (C=O) groups is 1. The van der Waals surface area contributed by atoms with Gasteiger partial charge in [0.25, 0.3) is 0 Å². The molecule has 1 atom stereocenters. The van der Waals surface area contributed by atoms with Crippen LogP contribution in [-0.2, 0) is 11.2 Å². The Hall–Kier alpha value is -1.15. The highest BCUT2D eigenvalue weighted by molar-refractivity contribution is 5.87. The Morgan fingerprint density at radius 1 is 1.30 bits per heavy atom. The van der Waals surface area contributed by atoms with E-state index in [2.05, 4.69) is 51.2 Å². The van der Waals surface area contributed by atoms with Crippen molar-refractivity contribution in [1.29, 1.82) is 0 Å². The van der Waals surface area contributed by atoms with Gasteiger partial charge >= 0.3 is 0 Å². The summed E-state index contributed by atoms with van der Waals surface area (Å²) in [6.45, 7) is 10.5. The molecule has 0 saturated carbocycles. The molecule has 2 rings (SSSR count). The van der Waals surface area contributed by atoms with Gasteiger partial charge in [0.1, 0.15) is 5.78 Å². The van der Waals surface area contributed by atoms with E-state index in [1.807, 2.05) is 0 Å². The smallest absolute Gasteiger partial charge is 0.143 e. The van der Waals surface area contributed by atoms with E-state index in [1.54, 1.807) is 0 Å². The van der Waals surface area contributed by atoms with Crippen LogP contribution < -0.4 is 5.32 Å². The second-order valence-corrected chi connectivity index (χ2v) is 6.74. The number of carbonyl (C=O) groups excluding carboxylic acids is 1. The summed E-state index contributed by atoms with van der Waals surface area (Å²) in [6, 6.07) is 6.27. The van der Waals surface area contributed by atoms with Gasteiger partial charge in [-0.3, -0.25) is 4.79 Å². The lowest BCUT2D eigenvalue weighted by molar-refractivity contribution is -0.129. The molecule has 0 aliphatic carbocycles. The van der Waals surface area contributed by atoms with Crippen LogP contribution in [0.25, 0.3) is 0 Å². The van der Waals surface area contributed by atoms with Gasteiger partial charge in [-0.2, -0.15) is 0 Å². The number of hydrogen-bond acceptors (Lipinski definition) is 2. The first-order valence-electron chi connectivity index (χ1n) is 7.72. The summed E-state index contributed by atoms with van der Waals surface area (Å²) < 4.78 is 0. The Balaban J connectivity index is 2.14. The molecule has 1 N–H and O–H groups in total. The monoisotopic (exact) mass is 273 g/mol. The van der Waals surface area contributed by atoms with E-state index in [0.717, 1.165) is 13.1 Å². The van der Waals surface area contributed by atoms with Crippen LogP contribution in [0.1, 0.15) is 43.4 Å². The zero-order chi connectivity index (χ0) is 14.8. The van der Waals surface area contributed by atoms with Crippen molar-refractivity contribution in [2.24, 2.45) is 11.3 Å². The molecule has 2 heteroatoms. The molecular formula is C18H27NO. The minimum atomic E-state index is -0.234. The van der Waals surface area contributed by atoms with Gasteiger partial charge in [-0.05, 0) is 62.4 Å². The molecule has 1 unspecified atom stereocenters. The zero-order valence-corrected chi connectivity index (χ0v) is 13.3.